The average molecular weight is 393 g/mol. The van der Waals surface area contributed by atoms with Gasteiger partial charge in [-0.3, -0.25) is 9.08 Å². The van der Waals surface area contributed by atoms with Crippen molar-refractivity contribution in [2.24, 2.45) is 5.16 Å². The van der Waals surface area contributed by atoms with Crippen molar-refractivity contribution < 1.29 is 22.2 Å². The minimum Gasteiger partial charge on any atom is -0.427 e. The van der Waals surface area contributed by atoms with Gasteiger partial charge in [-0.2, -0.15) is 8.42 Å². The lowest BCUT2D eigenvalue weighted by molar-refractivity contribution is -0.131. The van der Waals surface area contributed by atoms with Gasteiger partial charge in [0.15, 0.2) is 0 Å². The molecule has 0 N–H and O–H groups in total. The van der Waals surface area contributed by atoms with Crippen LogP contribution in [0.1, 0.15) is 18.1 Å². The molecule has 0 radical (unpaired) electrons. The number of benzene rings is 3. The van der Waals surface area contributed by atoms with Gasteiger partial charge in [0.25, 0.3) is 0 Å². The average Bonchev–Trinajstić information content (AvgIpc) is 3.00. The van der Waals surface area contributed by atoms with E-state index in [-0.39, 0.29) is 10.6 Å². The Bertz CT molecular complexity index is 1150. The number of esters is 1. The second kappa shape index (κ2) is 6.94. The number of rotatable bonds is 4. The van der Waals surface area contributed by atoms with Gasteiger partial charge in [0.2, 0.25) is 0 Å². The molecule has 0 saturated heterocycles. The highest BCUT2D eigenvalue weighted by atomic mass is 32.2. The normalized spacial score (nSPS) is 12.1. The third-order valence-electron chi connectivity index (χ3n) is 4.26. The molecule has 0 fully saturated rings. The smallest absolute Gasteiger partial charge is 0.358 e. The van der Waals surface area contributed by atoms with Crippen molar-refractivity contribution in [3.63, 3.8) is 0 Å². The van der Waals surface area contributed by atoms with Crippen LogP contribution >= 0.6 is 0 Å². The van der Waals surface area contributed by atoms with Gasteiger partial charge in [0.05, 0.1) is 0 Å². The molecule has 3 aromatic carbocycles. The number of oxime groups is 1. The topological polar surface area (TPSA) is 82.0 Å². The van der Waals surface area contributed by atoms with Crippen LogP contribution in [-0.4, -0.2) is 20.1 Å². The first kappa shape index (κ1) is 17.9. The molecule has 0 heterocycles. The van der Waals surface area contributed by atoms with E-state index in [9.17, 15) is 13.2 Å². The molecule has 1 aliphatic rings. The summed E-state index contributed by atoms with van der Waals surface area (Å²) in [5.41, 5.74) is 4.03. The van der Waals surface area contributed by atoms with Crippen LogP contribution in [0.15, 0.2) is 82.8 Å². The van der Waals surface area contributed by atoms with Crippen molar-refractivity contribution in [3.8, 4) is 16.9 Å². The molecular weight excluding hydrogens is 378 g/mol. The zero-order chi connectivity index (χ0) is 19.7. The molecule has 7 heteroatoms. The van der Waals surface area contributed by atoms with E-state index in [1.165, 1.54) is 31.2 Å². The molecule has 0 aliphatic heterocycles. The zero-order valence-corrected chi connectivity index (χ0v) is 15.6. The first-order valence-electron chi connectivity index (χ1n) is 8.45. The molecule has 6 nitrogen and oxygen atoms in total. The van der Waals surface area contributed by atoms with Crippen molar-refractivity contribution in [1.82, 2.24) is 0 Å². The number of carbonyl (C=O) groups is 1. The van der Waals surface area contributed by atoms with Crippen LogP contribution in [-0.2, 0) is 19.2 Å². The van der Waals surface area contributed by atoms with Gasteiger partial charge in [-0.25, -0.2) is 0 Å². The van der Waals surface area contributed by atoms with Crippen molar-refractivity contribution in [1.29, 1.82) is 0 Å². The summed E-state index contributed by atoms with van der Waals surface area (Å²) in [4.78, 5) is 10.9. The summed E-state index contributed by atoms with van der Waals surface area (Å²) in [7, 11) is -4.13. The Hall–Kier alpha value is -3.45. The molecule has 0 atom stereocenters. The molecule has 0 unspecified atom stereocenters. The molecule has 0 saturated carbocycles. The van der Waals surface area contributed by atoms with Gasteiger partial charge in [-0.1, -0.05) is 53.7 Å². The third kappa shape index (κ3) is 3.27. The summed E-state index contributed by atoms with van der Waals surface area (Å²) >= 11 is 0. The van der Waals surface area contributed by atoms with Crippen molar-refractivity contribution in [2.75, 3.05) is 0 Å². The predicted molar refractivity (Wildman–Crippen MR) is 104 cm³/mol. The van der Waals surface area contributed by atoms with Crippen LogP contribution in [0.2, 0.25) is 0 Å². The molecule has 0 bridgehead atoms. The first-order valence-corrected chi connectivity index (χ1v) is 9.86. The van der Waals surface area contributed by atoms with Gasteiger partial charge in [-0.05, 0) is 35.4 Å². The SMILES string of the molecule is CC(=O)Oc1ccc(S(=O)(=O)ON=C2c3ccccc3-c3ccccc32)cc1. The molecule has 140 valence electrons. The maximum Gasteiger partial charge on any atom is 0.358 e. The van der Waals surface area contributed by atoms with Crippen LogP contribution in [0.3, 0.4) is 0 Å². The van der Waals surface area contributed by atoms with E-state index in [0.717, 1.165) is 22.3 Å². The van der Waals surface area contributed by atoms with Crippen LogP contribution < -0.4 is 4.74 Å². The second-order valence-electron chi connectivity index (χ2n) is 6.12. The van der Waals surface area contributed by atoms with Crippen LogP contribution in [0, 0.1) is 0 Å². The fraction of sp³-hybridized carbons (Fsp3) is 0.0476. The predicted octanol–water partition coefficient (Wildman–Crippen LogP) is 3.75. The largest absolute Gasteiger partial charge is 0.427 e. The van der Waals surface area contributed by atoms with Gasteiger partial charge < -0.3 is 4.74 Å². The Morgan fingerprint density at radius 2 is 1.29 bits per heavy atom. The summed E-state index contributed by atoms with van der Waals surface area (Å²) in [5.74, 6) is -0.242. The molecule has 4 rings (SSSR count). The number of nitrogens with zero attached hydrogens (tertiary/aromatic N) is 1. The minimum absolute atomic E-state index is 0.0904. The Labute approximate surface area is 162 Å². The fourth-order valence-corrected chi connectivity index (χ4v) is 3.79. The van der Waals surface area contributed by atoms with Gasteiger partial charge in [-0.15, -0.1) is 0 Å². The number of hydrogen-bond acceptors (Lipinski definition) is 6. The highest BCUT2D eigenvalue weighted by Crippen LogP contribution is 2.36. The Morgan fingerprint density at radius 1 is 0.786 bits per heavy atom. The lowest BCUT2D eigenvalue weighted by atomic mass is 10.1. The lowest BCUT2D eigenvalue weighted by Crippen LogP contribution is -2.07. The van der Waals surface area contributed by atoms with E-state index in [0.29, 0.717) is 5.71 Å². The molecule has 0 aromatic heterocycles. The molecule has 0 spiro atoms. The first-order chi connectivity index (χ1) is 13.5. The Kier molecular flexibility index (Phi) is 4.44. The summed E-state index contributed by atoms with van der Waals surface area (Å²) in [5, 5.41) is 3.97. The molecule has 28 heavy (non-hydrogen) atoms. The van der Waals surface area contributed by atoms with Crippen LogP contribution in [0.5, 0.6) is 5.75 Å². The maximum atomic E-state index is 12.5. The highest BCUT2D eigenvalue weighted by molar-refractivity contribution is 7.86. The monoisotopic (exact) mass is 393 g/mol. The Morgan fingerprint density at radius 3 is 1.79 bits per heavy atom. The van der Waals surface area contributed by atoms with E-state index in [2.05, 4.69) is 5.16 Å². The Balaban J connectivity index is 1.66. The quantitative estimate of drug-likeness (QED) is 0.300. The second-order valence-corrected chi connectivity index (χ2v) is 7.65. The van der Waals surface area contributed by atoms with Gasteiger partial charge in [0, 0.05) is 18.1 Å². The van der Waals surface area contributed by atoms with Gasteiger partial charge in [0.1, 0.15) is 16.4 Å². The highest BCUT2D eigenvalue weighted by Gasteiger charge is 2.26. The molecule has 1 aliphatic carbocycles. The molecular formula is C21H15NO5S. The number of ether oxygens (including phenoxy) is 1. The molecule has 3 aromatic rings. The van der Waals surface area contributed by atoms with Crippen LogP contribution in [0.25, 0.3) is 11.1 Å². The van der Waals surface area contributed by atoms with E-state index >= 15 is 0 Å². The van der Waals surface area contributed by atoms with Crippen LogP contribution in [0.4, 0.5) is 0 Å². The minimum atomic E-state index is -4.13. The molecule has 0 amide bonds. The summed E-state index contributed by atoms with van der Waals surface area (Å²) in [6.07, 6.45) is 0. The van der Waals surface area contributed by atoms with E-state index in [4.69, 9.17) is 9.02 Å². The lowest BCUT2D eigenvalue weighted by Gasteiger charge is -2.05. The fourth-order valence-electron chi connectivity index (χ4n) is 3.06. The maximum absolute atomic E-state index is 12.5. The van der Waals surface area contributed by atoms with Crippen molar-refractivity contribution in [2.45, 2.75) is 11.8 Å². The summed E-state index contributed by atoms with van der Waals surface area (Å²) < 4.78 is 34.9. The third-order valence-corrected chi connectivity index (χ3v) is 5.38. The number of hydrogen-bond donors (Lipinski definition) is 0. The van der Waals surface area contributed by atoms with E-state index < -0.39 is 16.1 Å². The zero-order valence-electron chi connectivity index (χ0n) is 14.8. The summed E-state index contributed by atoms with van der Waals surface area (Å²) in [6, 6.07) is 20.6. The number of fused-ring (bicyclic) bond motifs is 3. The standard InChI is InChI=1S/C21H15NO5S/c1-14(23)26-15-10-12-16(13-11-15)28(24,25)27-22-21-19-8-4-2-6-17(19)18-7-3-5-9-20(18)21/h2-13H,1H3. The van der Waals surface area contributed by atoms with E-state index in [1.807, 2.05) is 48.5 Å². The van der Waals surface area contributed by atoms with Gasteiger partial charge >= 0.3 is 16.1 Å². The summed E-state index contributed by atoms with van der Waals surface area (Å²) in [6.45, 7) is 1.27. The van der Waals surface area contributed by atoms with Crippen molar-refractivity contribution in [3.05, 3.63) is 83.9 Å². The number of carbonyl (C=O) groups excluding carboxylic acids is 1. The van der Waals surface area contributed by atoms with Crippen molar-refractivity contribution >= 4 is 21.8 Å². The van der Waals surface area contributed by atoms with E-state index in [1.54, 1.807) is 0 Å².